The highest BCUT2D eigenvalue weighted by Gasteiger charge is 2.30. The molecule has 140 valence electrons. The summed E-state index contributed by atoms with van der Waals surface area (Å²) in [5, 5.41) is 10.6. The van der Waals surface area contributed by atoms with Crippen LogP contribution in [-0.4, -0.2) is 30.8 Å². The smallest absolute Gasteiger partial charge is 0.168 e. The molecule has 5 nitrogen and oxygen atoms in total. The third-order valence-electron chi connectivity index (χ3n) is 4.75. The Bertz CT molecular complexity index is 900. The molecule has 2 aromatic carbocycles. The SMILES string of the molecule is COc1ccc(OC)c(N=C(C)C2=C(O)CC(c3ccccc3)CC2=O)c1. The summed E-state index contributed by atoms with van der Waals surface area (Å²) >= 11 is 0. The van der Waals surface area contributed by atoms with Crippen molar-refractivity contribution < 1.29 is 19.4 Å². The summed E-state index contributed by atoms with van der Waals surface area (Å²) in [7, 11) is 3.13. The molecule has 3 rings (SSSR count). The van der Waals surface area contributed by atoms with Gasteiger partial charge in [-0.25, -0.2) is 4.99 Å². The Balaban J connectivity index is 1.93. The average molecular weight is 365 g/mol. The number of nitrogens with zero attached hydrogens (tertiary/aromatic N) is 1. The van der Waals surface area contributed by atoms with Crippen LogP contribution in [0.5, 0.6) is 11.5 Å². The summed E-state index contributed by atoms with van der Waals surface area (Å²) in [5.74, 6) is 1.18. The molecule has 1 aliphatic rings. The van der Waals surface area contributed by atoms with Crippen molar-refractivity contribution in [3.63, 3.8) is 0 Å². The fraction of sp³-hybridized carbons (Fsp3) is 0.273. The number of aliphatic imine (C=N–C) groups is 1. The number of ether oxygens (including phenoxy) is 2. The molecular formula is C22H23NO4. The summed E-state index contributed by atoms with van der Waals surface area (Å²) in [5.41, 5.74) is 2.37. The quantitative estimate of drug-likeness (QED) is 0.776. The summed E-state index contributed by atoms with van der Waals surface area (Å²) in [6.45, 7) is 1.73. The first-order valence-corrected chi connectivity index (χ1v) is 8.81. The Morgan fingerprint density at radius 2 is 1.81 bits per heavy atom. The van der Waals surface area contributed by atoms with Gasteiger partial charge in [-0.2, -0.15) is 0 Å². The van der Waals surface area contributed by atoms with Crippen LogP contribution in [0.4, 0.5) is 5.69 Å². The van der Waals surface area contributed by atoms with Gasteiger partial charge < -0.3 is 14.6 Å². The zero-order valence-electron chi connectivity index (χ0n) is 15.7. The number of carbonyl (C=O) groups excluding carboxylic acids is 1. The highest BCUT2D eigenvalue weighted by Crippen LogP contribution is 2.36. The van der Waals surface area contributed by atoms with Crippen LogP contribution in [-0.2, 0) is 4.79 Å². The van der Waals surface area contributed by atoms with E-state index < -0.39 is 0 Å². The maximum Gasteiger partial charge on any atom is 0.168 e. The van der Waals surface area contributed by atoms with Gasteiger partial charge in [-0.1, -0.05) is 30.3 Å². The molecule has 1 N–H and O–H groups in total. The van der Waals surface area contributed by atoms with Crippen LogP contribution in [0.25, 0.3) is 0 Å². The number of aliphatic hydroxyl groups is 1. The zero-order valence-corrected chi connectivity index (χ0v) is 15.7. The van der Waals surface area contributed by atoms with E-state index in [1.54, 1.807) is 39.3 Å². The topological polar surface area (TPSA) is 68.1 Å². The van der Waals surface area contributed by atoms with E-state index in [-0.39, 0.29) is 17.5 Å². The van der Waals surface area contributed by atoms with Crippen molar-refractivity contribution >= 4 is 17.2 Å². The third-order valence-corrected chi connectivity index (χ3v) is 4.75. The molecule has 0 bridgehead atoms. The Morgan fingerprint density at radius 3 is 2.44 bits per heavy atom. The van der Waals surface area contributed by atoms with Crippen LogP contribution in [0.2, 0.25) is 0 Å². The van der Waals surface area contributed by atoms with Gasteiger partial charge in [0, 0.05) is 18.9 Å². The van der Waals surface area contributed by atoms with Crippen LogP contribution >= 0.6 is 0 Å². The Kier molecular flexibility index (Phi) is 5.60. The second-order valence-electron chi connectivity index (χ2n) is 6.50. The predicted molar refractivity (Wildman–Crippen MR) is 105 cm³/mol. The van der Waals surface area contributed by atoms with Gasteiger partial charge in [-0.15, -0.1) is 0 Å². The molecular weight excluding hydrogens is 342 g/mol. The number of hydrogen-bond donors (Lipinski definition) is 1. The molecule has 0 saturated heterocycles. The van der Waals surface area contributed by atoms with Gasteiger partial charge in [-0.3, -0.25) is 4.79 Å². The largest absolute Gasteiger partial charge is 0.511 e. The van der Waals surface area contributed by atoms with Crippen molar-refractivity contribution in [2.24, 2.45) is 4.99 Å². The summed E-state index contributed by atoms with van der Waals surface area (Å²) < 4.78 is 10.6. The zero-order chi connectivity index (χ0) is 19.4. The van der Waals surface area contributed by atoms with Crippen molar-refractivity contribution in [1.82, 2.24) is 0 Å². The third kappa shape index (κ3) is 4.03. The lowest BCUT2D eigenvalue weighted by Crippen LogP contribution is -2.22. The minimum absolute atomic E-state index is 0.0124. The molecule has 1 unspecified atom stereocenters. The Hall–Kier alpha value is -3.08. The van der Waals surface area contributed by atoms with E-state index in [1.165, 1.54) is 0 Å². The number of benzene rings is 2. The highest BCUT2D eigenvalue weighted by atomic mass is 16.5. The molecule has 0 heterocycles. The molecule has 0 aliphatic heterocycles. The monoisotopic (exact) mass is 365 g/mol. The van der Waals surface area contributed by atoms with Crippen LogP contribution in [0.3, 0.4) is 0 Å². The maximum absolute atomic E-state index is 12.7. The normalized spacial score (nSPS) is 17.8. The number of rotatable bonds is 5. The van der Waals surface area contributed by atoms with E-state index in [4.69, 9.17) is 9.47 Å². The van der Waals surface area contributed by atoms with Gasteiger partial charge in [0.1, 0.15) is 22.9 Å². The maximum atomic E-state index is 12.7. The van der Waals surface area contributed by atoms with Gasteiger partial charge in [0.25, 0.3) is 0 Å². The molecule has 1 atom stereocenters. The molecule has 5 heteroatoms. The Labute approximate surface area is 159 Å². The minimum atomic E-state index is -0.101. The molecule has 27 heavy (non-hydrogen) atoms. The first kappa shape index (κ1) is 18.7. The van der Waals surface area contributed by atoms with Crippen molar-refractivity contribution in [2.75, 3.05) is 14.2 Å². The first-order valence-electron chi connectivity index (χ1n) is 8.81. The number of ketones is 1. The van der Waals surface area contributed by atoms with Crippen LogP contribution in [0, 0.1) is 0 Å². The highest BCUT2D eigenvalue weighted by molar-refractivity contribution is 6.23. The molecule has 0 fully saturated rings. The number of methoxy groups -OCH3 is 2. The van der Waals surface area contributed by atoms with Crippen LogP contribution < -0.4 is 9.47 Å². The number of Topliss-reactive ketones (excluding diaryl/α,β-unsaturated/α-hetero) is 1. The second-order valence-corrected chi connectivity index (χ2v) is 6.50. The predicted octanol–water partition coefficient (Wildman–Crippen LogP) is 4.76. The van der Waals surface area contributed by atoms with E-state index in [0.717, 1.165) is 5.56 Å². The molecule has 1 aliphatic carbocycles. The van der Waals surface area contributed by atoms with E-state index in [0.29, 0.717) is 41.3 Å². The number of hydrogen-bond acceptors (Lipinski definition) is 5. The molecule has 2 aromatic rings. The minimum Gasteiger partial charge on any atom is -0.511 e. The van der Waals surface area contributed by atoms with Crippen LogP contribution in [0.15, 0.2) is 64.9 Å². The number of carbonyl (C=O) groups is 1. The second kappa shape index (κ2) is 8.08. The molecule has 0 amide bonds. The van der Waals surface area contributed by atoms with Gasteiger partial charge in [0.05, 0.1) is 25.5 Å². The fourth-order valence-corrected chi connectivity index (χ4v) is 3.39. The standard InChI is InChI=1S/C22H23NO4/c1-14(23-18-13-17(26-2)9-10-21(18)27-3)22-19(24)11-16(12-20(22)25)15-7-5-4-6-8-15/h4-10,13,16,24H,11-12H2,1-3H3. The van der Waals surface area contributed by atoms with Gasteiger partial charge in [0.2, 0.25) is 0 Å². The van der Waals surface area contributed by atoms with Gasteiger partial charge in [0.15, 0.2) is 5.78 Å². The lowest BCUT2D eigenvalue weighted by atomic mass is 9.81. The van der Waals surface area contributed by atoms with Gasteiger partial charge >= 0.3 is 0 Å². The lowest BCUT2D eigenvalue weighted by molar-refractivity contribution is -0.116. The Morgan fingerprint density at radius 1 is 1.07 bits per heavy atom. The fourth-order valence-electron chi connectivity index (χ4n) is 3.39. The number of allylic oxidation sites excluding steroid dienone is 2. The molecule has 0 radical (unpaired) electrons. The van der Waals surface area contributed by atoms with E-state index in [2.05, 4.69) is 4.99 Å². The van der Waals surface area contributed by atoms with E-state index in [9.17, 15) is 9.90 Å². The van der Waals surface area contributed by atoms with Crippen LogP contribution in [0.1, 0.15) is 31.2 Å². The average Bonchev–Trinajstić information content (AvgIpc) is 2.68. The molecule has 0 aromatic heterocycles. The first-order chi connectivity index (χ1) is 13.0. The van der Waals surface area contributed by atoms with Gasteiger partial charge in [-0.05, 0) is 30.5 Å². The van der Waals surface area contributed by atoms with E-state index >= 15 is 0 Å². The van der Waals surface area contributed by atoms with Crippen molar-refractivity contribution in [3.8, 4) is 11.5 Å². The molecule has 0 saturated carbocycles. The summed E-state index contributed by atoms with van der Waals surface area (Å²) in [6, 6.07) is 15.1. The summed E-state index contributed by atoms with van der Waals surface area (Å²) in [4.78, 5) is 17.3. The lowest BCUT2D eigenvalue weighted by Gasteiger charge is -2.23. The van der Waals surface area contributed by atoms with Crippen molar-refractivity contribution in [1.29, 1.82) is 0 Å². The van der Waals surface area contributed by atoms with E-state index in [1.807, 2.05) is 30.3 Å². The number of aliphatic hydroxyl groups excluding tert-OH is 1. The molecule has 0 spiro atoms. The van der Waals surface area contributed by atoms with Crippen molar-refractivity contribution in [3.05, 3.63) is 65.4 Å². The summed E-state index contributed by atoms with van der Waals surface area (Å²) in [6.07, 6.45) is 0.776. The van der Waals surface area contributed by atoms with Crippen molar-refractivity contribution in [2.45, 2.75) is 25.7 Å².